The second-order valence-electron chi connectivity index (χ2n) is 4.47. The van der Waals surface area contributed by atoms with Crippen molar-refractivity contribution in [3.8, 4) is 0 Å². The summed E-state index contributed by atoms with van der Waals surface area (Å²) in [6, 6.07) is 10.3. The van der Waals surface area contributed by atoms with Gasteiger partial charge >= 0.3 is 0 Å². The van der Waals surface area contributed by atoms with Crippen LogP contribution in [0.25, 0.3) is 0 Å². The molecule has 4 heteroatoms. The van der Waals surface area contributed by atoms with Crippen LogP contribution in [0.1, 0.15) is 17.7 Å². The molecule has 0 fully saturated rings. The largest absolute Gasteiger partial charge is 0.393 e. The summed E-state index contributed by atoms with van der Waals surface area (Å²) in [4.78, 5) is 4.19. The maximum absolute atomic E-state index is 13.3. The second-order valence-corrected chi connectivity index (χ2v) is 4.87. The minimum atomic E-state index is -0.511. The molecule has 1 atom stereocenters. The Balaban J connectivity index is 1.87. The van der Waals surface area contributed by atoms with E-state index in [1.54, 1.807) is 12.3 Å². The molecular weight excluding hydrogens is 265 g/mol. The Labute approximate surface area is 116 Å². The average Bonchev–Trinajstić information content (AvgIpc) is 2.42. The van der Waals surface area contributed by atoms with Crippen LogP contribution >= 0.6 is 11.6 Å². The van der Waals surface area contributed by atoms with Crippen LogP contribution in [0.2, 0.25) is 5.02 Å². The van der Waals surface area contributed by atoms with Gasteiger partial charge in [-0.05, 0) is 49.1 Å². The van der Waals surface area contributed by atoms with E-state index < -0.39 is 11.9 Å². The van der Waals surface area contributed by atoms with Crippen LogP contribution in [-0.4, -0.2) is 16.2 Å². The zero-order valence-electron chi connectivity index (χ0n) is 10.4. The van der Waals surface area contributed by atoms with E-state index in [0.717, 1.165) is 11.3 Å². The molecule has 0 aliphatic rings. The molecule has 1 aromatic carbocycles. The molecule has 2 rings (SSSR count). The van der Waals surface area contributed by atoms with Gasteiger partial charge in [-0.1, -0.05) is 23.7 Å². The molecule has 19 heavy (non-hydrogen) atoms. The van der Waals surface area contributed by atoms with Crippen molar-refractivity contribution in [2.45, 2.75) is 25.4 Å². The highest BCUT2D eigenvalue weighted by atomic mass is 35.5. The van der Waals surface area contributed by atoms with E-state index in [0.29, 0.717) is 19.3 Å². The number of nitrogens with zero attached hydrogens (tertiary/aromatic N) is 1. The van der Waals surface area contributed by atoms with Crippen molar-refractivity contribution in [2.24, 2.45) is 0 Å². The Morgan fingerprint density at radius 3 is 2.79 bits per heavy atom. The van der Waals surface area contributed by atoms with E-state index in [-0.39, 0.29) is 5.02 Å². The summed E-state index contributed by atoms with van der Waals surface area (Å²) in [7, 11) is 0. The highest BCUT2D eigenvalue weighted by Gasteiger charge is 2.08. The summed E-state index contributed by atoms with van der Waals surface area (Å²) in [6.45, 7) is 0. The predicted molar refractivity (Wildman–Crippen MR) is 73.7 cm³/mol. The molecule has 0 saturated carbocycles. The summed E-state index contributed by atoms with van der Waals surface area (Å²) >= 11 is 5.61. The van der Waals surface area contributed by atoms with E-state index >= 15 is 0 Å². The standard InChI is InChI=1S/C15H15ClFNO/c16-14-7-4-11(10-15(14)17)9-13(19)6-5-12-3-1-2-8-18-12/h1-4,7-8,10,13,19H,5-6,9H2. The first-order valence-corrected chi connectivity index (χ1v) is 6.55. The fourth-order valence-corrected chi connectivity index (χ4v) is 2.02. The highest BCUT2D eigenvalue weighted by molar-refractivity contribution is 6.30. The van der Waals surface area contributed by atoms with Crippen LogP contribution in [0, 0.1) is 5.82 Å². The number of aliphatic hydroxyl groups excluding tert-OH is 1. The average molecular weight is 280 g/mol. The van der Waals surface area contributed by atoms with Gasteiger partial charge in [0.2, 0.25) is 0 Å². The Kier molecular flexibility index (Phi) is 4.88. The summed E-state index contributed by atoms with van der Waals surface area (Å²) in [5.41, 5.74) is 1.69. The van der Waals surface area contributed by atoms with Gasteiger partial charge in [-0.25, -0.2) is 4.39 Å². The maximum atomic E-state index is 13.3. The maximum Gasteiger partial charge on any atom is 0.142 e. The third-order valence-electron chi connectivity index (χ3n) is 2.92. The lowest BCUT2D eigenvalue weighted by Crippen LogP contribution is -2.12. The van der Waals surface area contributed by atoms with Gasteiger partial charge in [0.05, 0.1) is 11.1 Å². The van der Waals surface area contributed by atoms with Gasteiger partial charge in [-0.2, -0.15) is 0 Å². The van der Waals surface area contributed by atoms with E-state index in [9.17, 15) is 9.50 Å². The smallest absolute Gasteiger partial charge is 0.142 e. The quantitative estimate of drug-likeness (QED) is 0.910. The zero-order chi connectivity index (χ0) is 13.7. The zero-order valence-corrected chi connectivity index (χ0v) is 11.1. The number of aliphatic hydroxyl groups is 1. The van der Waals surface area contributed by atoms with Gasteiger partial charge in [0, 0.05) is 11.9 Å². The molecule has 0 bridgehead atoms. The predicted octanol–water partition coefficient (Wildman–Crippen LogP) is 3.41. The minimum absolute atomic E-state index is 0.103. The van der Waals surface area contributed by atoms with Gasteiger partial charge in [-0.15, -0.1) is 0 Å². The van der Waals surface area contributed by atoms with Crippen molar-refractivity contribution in [3.63, 3.8) is 0 Å². The first kappa shape index (κ1) is 14.0. The molecule has 2 aromatic rings. The van der Waals surface area contributed by atoms with E-state index in [1.165, 1.54) is 12.1 Å². The SMILES string of the molecule is OC(CCc1ccccn1)Cc1ccc(Cl)c(F)c1. The fraction of sp³-hybridized carbons (Fsp3) is 0.267. The van der Waals surface area contributed by atoms with Gasteiger partial charge in [0.15, 0.2) is 0 Å². The topological polar surface area (TPSA) is 33.1 Å². The minimum Gasteiger partial charge on any atom is -0.393 e. The summed E-state index contributed by atoms with van der Waals surface area (Å²) in [5, 5.41) is 10.0. The normalized spacial score (nSPS) is 12.4. The van der Waals surface area contributed by atoms with Gasteiger partial charge in [-0.3, -0.25) is 4.98 Å². The van der Waals surface area contributed by atoms with Crippen LogP contribution in [0.3, 0.4) is 0 Å². The Bertz CT molecular complexity index is 533. The number of pyridine rings is 1. The third kappa shape index (κ3) is 4.30. The molecule has 0 aliphatic heterocycles. The lowest BCUT2D eigenvalue weighted by atomic mass is 10.0. The number of halogens is 2. The van der Waals surface area contributed by atoms with Crippen LogP contribution in [0.4, 0.5) is 4.39 Å². The van der Waals surface area contributed by atoms with Crippen molar-refractivity contribution in [2.75, 3.05) is 0 Å². The van der Waals surface area contributed by atoms with Crippen molar-refractivity contribution in [1.29, 1.82) is 0 Å². The third-order valence-corrected chi connectivity index (χ3v) is 3.22. The van der Waals surface area contributed by atoms with Gasteiger partial charge < -0.3 is 5.11 Å². The molecule has 1 N–H and O–H groups in total. The molecule has 0 spiro atoms. The molecule has 0 radical (unpaired) electrons. The van der Waals surface area contributed by atoms with E-state index in [2.05, 4.69) is 4.98 Å². The first-order valence-electron chi connectivity index (χ1n) is 6.17. The number of hydrogen-bond acceptors (Lipinski definition) is 2. The van der Waals surface area contributed by atoms with Crippen LogP contribution in [0.15, 0.2) is 42.6 Å². The molecule has 0 aliphatic carbocycles. The number of benzene rings is 1. The lowest BCUT2D eigenvalue weighted by Gasteiger charge is -2.10. The molecule has 1 heterocycles. The lowest BCUT2D eigenvalue weighted by molar-refractivity contribution is 0.165. The summed E-state index contributed by atoms with van der Waals surface area (Å²) < 4.78 is 13.3. The fourth-order valence-electron chi connectivity index (χ4n) is 1.90. The Morgan fingerprint density at radius 1 is 1.26 bits per heavy atom. The highest BCUT2D eigenvalue weighted by Crippen LogP contribution is 2.17. The van der Waals surface area contributed by atoms with Crippen LogP contribution < -0.4 is 0 Å². The van der Waals surface area contributed by atoms with Crippen LogP contribution in [-0.2, 0) is 12.8 Å². The van der Waals surface area contributed by atoms with Crippen LogP contribution in [0.5, 0.6) is 0 Å². The first-order chi connectivity index (χ1) is 9.15. The monoisotopic (exact) mass is 279 g/mol. The van der Waals surface area contributed by atoms with Crippen molar-refractivity contribution in [3.05, 3.63) is 64.7 Å². The molecule has 1 aromatic heterocycles. The second kappa shape index (κ2) is 6.64. The van der Waals surface area contributed by atoms with E-state index in [1.807, 2.05) is 18.2 Å². The summed E-state index contributed by atoms with van der Waals surface area (Å²) in [5.74, 6) is -0.448. The summed E-state index contributed by atoms with van der Waals surface area (Å²) in [6.07, 6.45) is 2.94. The number of aryl methyl sites for hydroxylation is 1. The molecule has 100 valence electrons. The number of rotatable bonds is 5. The Morgan fingerprint density at radius 2 is 2.11 bits per heavy atom. The molecular formula is C15H15ClFNO. The molecule has 0 saturated heterocycles. The van der Waals surface area contributed by atoms with Crippen molar-refractivity contribution in [1.82, 2.24) is 4.98 Å². The molecule has 1 unspecified atom stereocenters. The van der Waals surface area contributed by atoms with E-state index in [4.69, 9.17) is 11.6 Å². The number of hydrogen-bond donors (Lipinski definition) is 1. The van der Waals surface area contributed by atoms with Gasteiger partial charge in [0.1, 0.15) is 5.82 Å². The molecule has 0 amide bonds. The van der Waals surface area contributed by atoms with Gasteiger partial charge in [0.25, 0.3) is 0 Å². The van der Waals surface area contributed by atoms with Crippen molar-refractivity contribution >= 4 is 11.6 Å². The molecule has 2 nitrogen and oxygen atoms in total. The van der Waals surface area contributed by atoms with Crippen molar-refractivity contribution < 1.29 is 9.50 Å². The Hall–Kier alpha value is -1.45. The number of aromatic nitrogens is 1.